The molecule has 206 valence electrons. The number of aromatic nitrogens is 5. The summed E-state index contributed by atoms with van der Waals surface area (Å²) in [5, 5.41) is 4.14. The molecule has 0 aliphatic heterocycles. The average Bonchev–Trinajstić information content (AvgIpc) is 3.28. The number of alkyl halides is 3. The summed E-state index contributed by atoms with van der Waals surface area (Å²) in [6, 6.07) is 2.28. The monoisotopic (exact) mass is 540 g/mol. The Morgan fingerprint density at radius 3 is 2.33 bits per heavy atom. The first kappa shape index (κ1) is 28.1. The first-order chi connectivity index (χ1) is 18.3. The minimum absolute atomic E-state index is 0.00108. The minimum Gasteiger partial charge on any atom is -0.342 e. The molecule has 4 rings (SSSR count). The van der Waals surface area contributed by atoms with Gasteiger partial charge in [0, 0.05) is 30.9 Å². The van der Waals surface area contributed by atoms with Crippen LogP contribution in [-0.2, 0) is 17.4 Å². The molecule has 3 aromatic heterocycles. The van der Waals surface area contributed by atoms with E-state index in [-0.39, 0.29) is 30.0 Å². The van der Waals surface area contributed by atoms with Crippen LogP contribution in [0.25, 0.3) is 11.4 Å². The highest BCUT2D eigenvalue weighted by Gasteiger charge is 2.31. The number of pyridine rings is 1. The van der Waals surface area contributed by atoms with Crippen molar-refractivity contribution in [3.8, 4) is 5.82 Å². The van der Waals surface area contributed by atoms with Gasteiger partial charge in [0.1, 0.15) is 0 Å². The Morgan fingerprint density at radius 1 is 1.05 bits per heavy atom. The van der Waals surface area contributed by atoms with Crippen LogP contribution in [0.3, 0.4) is 0 Å². The molecule has 0 saturated carbocycles. The second-order valence-electron chi connectivity index (χ2n) is 10.8. The molecule has 3 aromatic rings. The van der Waals surface area contributed by atoms with Gasteiger partial charge in [0.15, 0.2) is 11.6 Å². The summed E-state index contributed by atoms with van der Waals surface area (Å²) in [6.07, 6.45) is 5.31. The van der Waals surface area contributed by atoms with Crippen molar-refractivity contribution in [3.05, 3.63) is 71.2 Å². The number of amides is 1. The van der Waals surface area contributed by atoms with Gasteiger partial charge in [-0.1, -0.05) is 26.8 Å². The molecule has 1 atom stereocenters. The van der Waals surface area contributed by atoms with Crippen molar-refractivity contribution in [1.82, 2.24) is 29.6 Å². The van der Waals surface area contributed by atoms with Crippen molar-refractivity contribution in [2.45, 2.75) is 65.6 Å². The molecule has 0 radical (unpaired) electrons. The lowest BCUT2D eigenvalue weighted by Gasteiger charge is -2.34. The third kappa shape index (κ3) is 6.23. The summed E-state index contributed by atoms with van der Waals surface area (Å²) in [5.74, 6) is 0.0641. The fraction of sp³-hybridized carbons (Fsp3) is 0.429. The van der Waals surface area contributed by atoms with E-state index in [4.69, 9.17) is 0 Å². The zero-order valence-electron chi connectivity index (χ0n) is 22.6. The molecule has 0 saturated heterocycles. The fourth-order valence-corrected chi connectivity index (χ4v) is 4.56. The van der Waals surface area contributed by atoms with Gasteiger partial charge < -0.3 is 4.90 Å². The van der Waals surface area contributed by atoms with E-state index in [9.17, 15) is 22.8 Å². The zero-order valence-corrected chi connectivity index (χ0v) is 22.6. The largest absolute Gasteiger partial charge is 0.417 e. The van der Waals surface area contributed by atoms with Gasteiger partial charge in [-0.3, -0.25) is 19.6 Å². The number of allylic oxidation sites excluding steroid dienone is 1. The van der Waals surface area contributed by atoms with Crippen molar-refractivity contribution >= 4 is 17.3 Å². The lowest BCUT2D eigenvalue weighted by molar-refractivity contribution is -0.140. The molecule has 0 aromatic carbocycles. The number of carbonyl (C=O) groups is 2. The van der Waals surface area contributed by atoms with Crippen LogP contribution in [0.15, 0.2) is 43.0 Å². The van der Waals surface area contributed by atoms with Crippen LogP contribution in [0.5, 0.6) is 0 Å². The van der Waals surface area contributed by atoms with E-state index in [0.717, 1.165) is 42.8 Å². The normalized spacial score (nSPS) is 16.1. The highest BCUT2D eigenvalue weighted by Crippen LogP contribution is 2.30. The molecule has 0 spiro atoms. The van der Waals surface area contributed by atoms with Crippen molar-refractivity contribution in [1.29, 1.82) is 0 Å². The van der Waals surface area contributed by atoms with Crippen molar-refractivity contribution in [3.63, 3.8) is 0 Å². The third-order valence-corrected chi connectivity index (χ3v) is 6.87. The molecular weight excluding hydrogens is 509 g/mol. The highest BCUT2D eigenvalue weighted by atomic mass is 19.4. The first-order valence-electron chi connectivity index (χ1n) is 12.6. The summed E-state index contributed by atoms with van der Waals surface area (Å²) in [4.78, 5) is 40.2. The summed E-state index contributed by atoms with van der Waals surface area (Å²) in [5.41, 5.74) is 1.82. The highest BCUT2D eigenvalue weighted by molar-refractivity contribution is 5.98. The number of rotatable bonds is 6. The number of carbonyl (C=O) groups excluding carboxylic acids is 2. The van der Waals surface area contributed by atoms with E-state index in [2.05, 4.69) is 26.1 Å². The topological polar surface area (TPSA) is 93.9 Å². The second kappa shape index (κ2) is 10.7. The van der Waals surface area contributed by atoms with Crippen LogP contribution in [0.4, 0.5) is 13.2 Å². The molecule has 0 fully saturated rings. The second-order valence-corrected chi connectivity index (χ2v) is 10.8. The molecule has 1 aliphatic rings. The van der Waals surface area contributed by atoms with E-state index in [0.29, 0.717) is 17.0 Å². The molecule has 3 heterocycles. The Hall–Kier alpha value is -3.89. The van der Waals surface area contributed by atoms with E-state index < -0.39 is 17.2 Å². The summed E-state index contributed by atoms with van der Waals surface area (Å²) >= 11 is 0. The number of nitrogens with zero attached hydrogens (tertiary/aromatic N) is 6. The Balaban J connectivity index is 1.40. The Bertz CT molecular complexity index is 1390. The first-order valence-corrected chi connectivity index (χ1v) is 12.6. The number of halogens is 3. The van der Waals surface area contributed by atoms with Crippen LogP contribution in [0.2, 0.25) is 0 Å². The molecule has 0 bridgehead atoms. The van der Waals surface area contributed by atoms with E-state index in [1.54, 1.807) is 19.3 Å². The van der Waals surface area contributed by atoms with Crippen molar-refractivity contribution < 1.29 is 22.8 Å². The molecule has 11 heteroatoms. The fourth-order valence-electron chi connectivity index (χ4n) is 4.56. The smallest absolute Gasteiger partial charge is 0.342 e. The van der Waals surface area contributed by atoms with Crippen LogP contribution in [0, 0.1) is 12.3 Å². The van der Waals surface area contributed by atoms with Gasteiger partial charge in [0.25, 0.3) is 0 Å². The molecule has 1 unspecified atom stereocenters. The van der Waals surface area contributed by atoms with Crippen molar-refractivity contribution in [2.75, 3.05) is 7.05 Å². The van der Waals surface area contributed by atoms with Gasteiger partial charge in [-0.05, 0) is 43.9 Å². The van der Waals surface area contributed by atoms with E-state index in [1.165, 1.54) is 16.9 Å². The molecular formula is C28H31F3N6O2. The lowest BCUT2D eigenvalue weighted by atomic mass is 9.89. The van der Waals surface area contributed by atoms with Gasteiger partial charge in [-0.25, -0.2) is 9.67 Å². The van der Waals surface area contributed by atoms with E-state index in [1.807, 2.05) is 32.7 Å². The summed E-state index contributed by atoms with van der Waals surface area (Å²) in [6.45, 7) is 7.41. The maximum absolute atomic E-state index is 12.9. The Kier molecular flexibility index (Phi) is 7.72. The van der Waals surface area contributed by atoms with Gasteiger partial charge in [0.2, 0.25) is 5.91 Å². The lowest BCUT2D eigenvalue weighted by Crippen LogP contribution is -2.43. The summed E-state index contributed by atoms with van der Waals surface area (Å²) < 4.78 is 39.8. The van der Waals surface area contributed by atoms with E-state index >= 15 is 0 Å². The molecule has 39 heavy (non-hydrogen) atoms. The Labute approximate surface area is 225 Å². The number of hydrogen-bond acceptors (Lipinski definition) is 6. The molecule has 1 amide bonds. The molecule has 1 aliphatic carbocycles. The van der Waals surface area contributed by atoms with Crippen LogP contribution < -0.4 is 0 Å². The standard InChI is InChI=1S/C28H31F3N6O2/c1-17-22(15-35-37(17)25-11-8-19(13-34-25)28(29,30)31)24(38)12-20-14-33-23(16-32-20)18-6-9-21(10-7-18)36(5)26(39)27(2,3)4/h6,8,11,13-16,21H,7,9-10,12H2,1-5H3. The zero-order chi connectivity index (χ0) is 28.5. The number of Topliss-reactive ketones (excluding diaryl/α,β-unsaturated/α-hetero) is 1. The maximum Gasteiger partial charge on any atom is 0.417 e. The van der Waals surface area contributed by atoms with Gasteiger partial charge in [0.05, 0.1) is 47.0 Å². The van der Waals surface area contributed by atoms with Gasteiger partial charge in [-0.15, -0.1) is 0 Å². The molecule has 0 N–H and O–H groups in total. The number of ketones is 1. The SMILES string of the molecule is Cc1c(C(=O)Cc2cnc(C3=CCC(N(C)C(=O)C(C)(C)C)CC3)cn2)cnn1-c1ccc(C(F)(F)F)cn1. The van der Waals surface area contributed by atoms with Gasteiger partial charge in [-0.2, -0.15) is 18.3 Å². The Morgan fingerprint density at radius 2 is 1.79 bits per heavy atom. The molecule has 8 nitrogen and oxygen atoms in total. The van der Waals surface area contributed by atoms with Crippen LogP contribution in [-0.4, -0.2) is 54.4 Å². The van der Waals surface area contributed by atoms with Gasteiger partial charge >= 0.3 is 6.18 Å². The predicted octanol–water partition coefficient (Wildman–Crippen LogP) is 5.25. The van der Waals surface area contributed by atoms with Crippen LogP contribution >= 0.6 is 0 Å². The predicted molar refractivity (Wildman–Crippen MR) is 139 cm³/mol. The number of hydrogen-bond donors (Lipinski definition) is 0. The minimum atomic E-state index is -4.48. The maximum atomic E-state index is 12.9. The van der Waals surface area contributed by atoms with Crippen LogP contribution in [0.1, 0.15) is 73.0 Å². The average molecular weight is 541 g/mol. The summed E-state index contributed by atoms with van der Waals surface area (Å²) in [7, 11) is 1.86. The van der Waals surface area contributed by atoms with Crippen molar-refractivity contribution in [2.24, 2.45) is 5.41 Å². The third-order valence-electron chi connectivity index (χ3n) is 6.87. The quantitative estimate of drug-likeness (QED) is 0.397.